The van der Waals surface area contributed by atoms with Gasteiger partial charge in [0.15, 0.2) is 5.11 Å². The molecule has 0 bridgehead atoms. The molecule has 1 aliphatic heterocycles. The highest BCUT2D eigenvalue weighted by molar-refractivity contribution is 7.80. The van der Waals surface area contributed by atoms with Crippen LogP contribution in [-0.2, 0) is 9.59 Å². The molecule has 5 heteroatoms. The normalized spacial score (nSPS) is 28.3. The van der Waals surface area contributed by atoms with Crippen LogP contribution in [0.15, 0.2) is 23.8 Å². The first-order valence-electron chi connectivity index (χ1n) is 6.61. The summed E-state index contributed by atoms with van der Waals surface area (Å²) in [5.41, 5.74) is 0.106. The third-order valence-electron chi connectivity index (χ3n) is 3.65. The van der Waals surface area contributed by atoms with E-state index in [0.717, 1.165) is 5.92 Å². The number of amides is 2. The van der Waals surface area contributed by atoms with Crippen molar-refractivity contribution in [1.82, 2.24) is 10.6 Å². The zero-order valence-corrected chi connectivity index (χ0v) is 11.8. The summed E-state index contributed by atoms with van der Waals surface area (Å²) in [6, 6.07) is 0. The molecule has 1 heterocycles. The number of carbonyl (C=O) groups excluding carboxylic acids is 2. The monoisotopic (exact) mass is 278 g/mol. The van der Waals surface area contributed by atoms with Crippen LogP contribution in [0, 0.1) is 11.8 Å². The molecule has 2 N–H and O–H groups in total. The minimum Gasteiger partial charge on any atom is -0.299 e. The lowest BCUT2D eigenvalue weighted by Gasteiger charge is -2.23. The van der Waals surface area contributed by atoms with E-state index in [2.05, 4.69) is 23.6 Å². The molecule has 0 unspecified atom stereocenters. The highest BCUT2D eigenvalue weighted by atomic mass is 32.1. The molecule has 0 radical (unpaired) electrons. The maximum absolute atomic E-state index is 11.6. The summed E-state index contributed by atoms with van der Waals surface area (Å²) in [5.74, 6) is 0.508. The van der Waals surface area contributed by atoms with E-state index in [0.29, 0.717) is 5.92 Å². The van der Waals surface area contributed by atoms with Gasteiger partial charge in [-0.05, 0) is 43.0 Å². The van der Waals surface area contributed by atoms with E-state index in [1.165, 1.54) is 25.7 Å². The van der Waals surface area contributed by atoms with Crippen LogP contribution in [0.2, 0.25) is 0 Å². The first-order chi connectivity index (χ1) is 9.06. The first kappa shape index (κ1) is 13.9. The van der Waals surface area contributed by atoms with Crippen LogP contribution < -0.4 is 10.6 Å². The van der Waals surface area contributed by atoms with Gasteiger partial charge in [0.25, 0.3) is 11.8 Å². The first-order valence-corrected chi connectivity index (χ1v) is 7.02. The molecule has 2 amide bonds. The number of hydrogen-bond acceptors (Lipinski definition) is 3. The molecular weight excluding hydrogens is 260 g/mol. The van der Waals surface area contributed by atoms with Gasteiger partial charge in [0, 0.05) is 0 Å². The Kier molecular flexibility index (Phi) is 4.47. The molecule has 0 atom stereocenters. The Bertz CT molecular complexity index is 438. The molecule has 0 aromatic heterocycles. The van der Waals surface area contributed by atoms with E-state index < -0.39 is 11.8 Å². The SMILES string of the molecule is CC1CCC(/C=C/C=C2C(=O)NC(=S)NC2=O)CC1. The topological polar surface area (TPSA) is 58.2 Å². The van der Waals surface area contributed by atoms with Gasteiger partial charge in [-0.25, -0.2) is 0 Å². The molecule has 0 aromatic rings. The summed E-state index contributed by atoms with van der Waals surface area (Å²) in [6.45, 7) is 2.28. The van der Waals surface area contributed by atoms with Crippen molar-refractivity contribution in [3.8, 4) is 0 Å². The minimum atomic E-state index is -0.435. The van der Waals surface area contributed by atoms with Crippen molar-refractivity contribution in [1.29, 1.82) is 0 Å². The average molecular weight is 278 g/mol. The molecule has 19 heavy (non-hydrogen) atoms. The minimum absolute atomic E-state index is 0.0670. The van der Waals surface area contributed by atoms with Crippen molar-refractivity contribution in [2.75, 3.05) is 0 Å². The largest absolute Gasteiger partial charge is 0.299 e. The van der Waals surface area contributed by atoms with E-state index >= 15 is 0 Å². The smallest absolute Gasteiger partial charge is 0.263 e. The van der Waals surface area contributed by atoms with Crippen LogP contribution in [0.5, 0.6) is 0 Å². The number of carbonyl (C=O) groups is 2. The Morgan fingerprint density at radius 1 is 1.11 bits per heavy atom. The van der Waals surface area contributed by atoms with Crippen LogP contribution in [0.3, 0.4) is 0 Å². The van der Waals surface area contributed by atoms with E-state index in [9.17, 15) is 9.59 Å². The Labute approximate surface area is 118 Å². The van der Waals surface area contributed by atoms with E-state index in [4.69, 9.17) is 12.2 Å². The predicted octanol–water partition coefficient (Wildman–Crippen LogP) is 1.83. The fraction of sp³-hybridized carbons (Fsp3) is 0.500. The quantitative estimate of drug-likeness (QED) is 0.460. The summed E-state index contributed by atoms with van der Waals surface area (Å²) < 4.78 is 0. The summed E-state index contributed by atoms with van der Waals surface area (Å²) in [7, 11) is 0. The van der Waals surface area contributed by atoms with Crippen molar-refractivity contribution < 1.29 is 9.59 Å². The summed E-state index contributed by atoms with van der Waals surface area (Å²) in [5, 5.41) is 4.89. The van der Waals surface area contributed by atoms with Crippen LogP contribution in [0.25, 0.3) is 0 Å². The molecule has 102 valence electrons. The maximum atomic E-state index is 11.6. The van der Waals surface area contributed by atoms with Crippen LogP contribution in [-0.4, -0.2) is 16.9 Å². The van der Waals surface area contributed by atoms with Gasteiger partial charge < -0.3 is 0 Å². The van der Waals surface area contributed by atoms with Gasteiger partial charge in [-0.1, -0.05) is 31.9 Å². The van der Waals surface area contributed by atoms with Crippen molar-refractivity contribution in [2.24, 2.45) is 11.8 Å². The molecule has 1 saturated heterocycles. The number of rotatable bonds is 2. The van der Waals surface area contributed by atoms with Crippen LogP contribution in [0.1, 0.15) is 32.6 Å². The Morgan fingerprint density at radius 3 is 2.26 bits per heavy atom. The number of nitrogens with one attached hydrogen (secondary N) is 2. The van der Waals surface area contributed by atoms with E-state index in [-0.39, 0.29) is 10.7 Å². The van der Waals surface area contributed by atoms with Crippen molar-refractivity contribution >= 4 is 29.1 Å². The number of thiocarbonyl (C=S) groups is 1. The second-order valence-electron chi connectivity index (χ2n) is 5.22. The lowest BCUT2D eigenvalue weighted by atomic mass is 9.83. The van der Waals surface area contributed by atoms with Crippen molar-refractivity contribution in [3.05, 3.63) is 23.8 Å². The number of hydrogen-bond donors (Lipinski definition) is 2. The highest BCUT2D eigenvalue weighted by Gasteiger charge is 2.24. The van der Waals surface area contributed by atoms with Gasteiger partial charge in [-0.15, -0.1) is 0 Å². The molecule has 2 aliphatic rings. The van der Waals surface area contributed by atoms with Crippen molar-refractivity contribution in [2.45, 2.75) is 32.6 Å². The zero-order chi connectivity index (χ0) is 13.8. The third kappa shape index (κ3) is 3.73. The fourth-order valence-corrected chi connectivity index (χ4v) is 2.60. The van der Waals surface area contributed by atoms with Gasteiger partial charge in [-0.2, -0.15) is 0 Å². The summed E-state index contributed by atoms with van der Waals surface area (Å²) in [6.07, 6.45) is 10.3. The summed E-state index contributed by atoms with van der Waals surface area (Å²) in [4.78, 5) is 23.2. The lowest BCUT2D eigenvalue weighted by molar-refractivity contribution is -0.123. The molecule has 0 aromatic carbocycles. The fourth-order valence-electron chi connectivity index (χ4n) is 2.41. The standard InChI is InChI=1S/C14H18N2O2S/c1-9-5-7-10(8-6-9)3-2-4-11-12(17)15-14(19)16-13(11)18/h2-4,9-10H,5-8H2,1H3,(H2,15,16,17,18,19)/b3-2+. The molecule has 1 aliphatic carbocycles. The van der Waals surface area contributed by atoms with Gasteiger partial charge >= 0.3 is 0 Å². The van der Waals surface area contributed by atoms with Gasteiger partial charge in [0.2, 0.25) is 0 Å². The predicted molar refractivity (Wildman–Crippen MR) is 77.2 cm³/mol. The Balaban J connectivity index is 1.96. The summed E-state index contributed by atoms with van der Waals surface area (Å²) >= 11 is 4.73. The Morgan fingerprint density at radius 2 is 1.68 bits per heavy atom. The molecule has 2 rings (SSSR count). The van der Waals surface area contributed by atoms with Crippen LogP contribution in [0.4, 0.5) is 0 Å². The van der Waals surface area contributed by atoms with Crippen LogP contribution >= 0.6 is 12.2 Å². The second kappa shape index (κ2) is 6.10. The van der Waals surface area contributed by atoms with Crippen molar-refractivity contribution in [3.63, 3.8) is 0 Å². The lowest BCUT2D eigenvalue weighted by Crippen LogP contribution is -2.51. The van der Waals surface area contributed by atoms with E-state index in [1.54, 1.807) is 6.08 Å². The van der Waals surface area contributed by atoms with E-state index in [1.807, 2.05) is 6.08 Å². The molecule has 4 nitrogen and oxygen atoms in total. The van der Waals surface area contributed by atoms with Gasteiger partial charge in [0.05, 0.1) is 0 Å². The highest BCUT2D eigenvalue weighted by Crippen LogP contribution is 2.28. The average Bonchev–Trinajstić information content (AvgIpc) is 2.34. The second-order valence-corrected chi connectivity index (χ2v) is 5.63. The molecule has 0 spiro atoms. The van der Waals surface area contributed by atoms with Gasteiger partial charge in [0.1, 0.15) is 5.57 Å². The van der Waals surface area contributed by atoms with Gasteiger partial charge in [-0.3, -0.25) is 20.2 Å². The third-order valence-corrected chi connectivity index (χ3v) is 3.85. The maximum Gasteiger partial charge on any atom is 0.263 e. The number of allylic oxidation sites excluding steroid dienone is 3. The molecule has 1 saturated carbocycles. The zero-order valence-electron chi connectivity index (χ0n) is 10.9. The Hall–Kier alpha value is -1.49. The molecule has 2 fully saturated rings. The molecular formula is C14H18N2O2S.